The predicted molar refractivity (Wildman–Crippen MR) is 124 cm³/mol. The number of ether oxygens (including phenoxy) is 2. The van der Waals surface area contributed by atoms with E-state index in [9.17, 15) is 9.59 Å². The van der Waals surface area contributed by atoms with Crippen molar-refractivity contribution in [2.45, 2.75) is 13.5 Å². The van der Waals surface area contributed by atoms with Crippen molar-refractivity contribution >= 4 is 22.6 Å². The Morgan fingerprint density at radius 3 is 2.44 bits per heavy atom. The monoisotopic (exact) mass is 425 g/mol. The summed E-state index contributed by atoms with van der Waals surface area (Å²) in [5.74, 6) is 0.293. The van der Waals surface area contributed by atoms with Crippen LogP contribution in [0.1, 0.15) is 21.5 Å². The number of aryl methyl sites for hydroxylation is 1. The summed E-state index contributed by atoms with van der Waals surface area (Å²) in [4.78, 5) is 25.0. The maximum Gasteiger partial charge on any atom is 0.349 e. The molecule has 0 heterocycles. The first-order valence-electron chi connectivity index (χ1n) is 10.3. The summed E-state index contributed by atoms with van der Waals surface area (Å²) in [5, 5.41) is 4.82. The predicted octanol–water partition coefficient (Wildman–Crippen LogP) is 5.06. The zero-order valence-corrected chi connectivity index (χ0v) is 17.7. The first-order chi connectivity index (χ1) is 15.6. The molecule has 0 aliphatic heterocycles. The first-order valence-corrected chi connectivity index (χ1v) is 10.3. The van der Waals surface area contributed by atoms with E-state index in [-0.39, 0.29) is 19.1 Å². The van der Waals surface area contributed by atoms with E-state index in [1.807, 2.05) is 73.7 Å². The summed E-state index contributed by atoms with van der Waals surface area (Å²) in [6, 6.07) is 27.9. The molecular formula is C27H23NO4. The maximum absolute atomic E-state index is 12.5. The molecular weight excluding hydrogens is 402 g/mol. The van der Waals surface area contributed by atoms with Crippen LogP contribution in [0.25, 0.3) is 10.8 Å². The fourth-order valence-corrected chi connectivity index (χ4v) is 3.45. The van der Waals surface area contributed by atoms with Gasteiger partial charge in [-0.25, -0.2) is 4.79 Å². The van der Waals surface area contributed by atoms with Gasteiger partial charge in [0.05, 0.1) is 0 Å². The average Bonchev–Trinajstić information content (AvgIpc) is 2.82. The molecule has 4 aromatic carbocycles. The van der Waals surface area contributed by atoms with E-state index in [0.717, 1.165) is 21.9 Å². The van der Waals surface area contributed by atoms with Crippen LogP contribution in [0.5, 0.6) is 11.5 Å². The van der Waals surface area contributed by atoms with E-state index < -0.39 is 5.97 Å². The van der Waals surface area contributed by atoms with E-state index in [2.05, 4.69) is 5.32 Å². The van der Waals surface area contributed by atoms with Crippen molar-refractivity contribution in [2.24, 2.45) is 0 Å². The molecule has 1 amide bonds. The van der Waals surface area contributed by atoms with Crippen molar-refractivity contribution in [1.29, 1.82) is 0 Å². The molecule has 0 saturated heterocycles. The van der Waals surface area contributed by atoms with Gasteiger partial charge in [0.2, 0.25) is 0 Å². The van der Waals surface area contributed by atoms with Crippen molar-refractivity contribution in [1.82, 2.24) is 5.32 Å². The molecule has 0 spiro atoms. The van der Waals surface area contributed by atoms with Gasteiger partial charge in [0.25, 0.3) is 5.91 Å². The highest BCUT2D eigenvalue weighted by Gasteiger charge is 2.15. The van der Waals surface area contributed by atoms with Gasteiger partial charge in [-0.2, -0.15) is 0 Å². The summed E-state index contributed by atoms with van der Waals surface area (Å²) in [7, 11) is 0. The van der Waals surface area contributed by atoms with Gasteiger partial charge in [-0.05, 0) is 53.6 Å². The second-order valence-corrected chi connectivity index (χ2v) is 7.39. The van der Waals surface area contributed by atoms with Crippen LogP contribution >= 0.6 is 0 Å². The minimum Gasteiger partial charge on any atom is -0.482 e. The lowest BCUT2D eigenvalue weighted by molar-refractivity contribution is -0.136. The Balaban J connectivity index is 1.51. The fourth-order valence-electron chi connectivity index (χ4n) is 3.45. The summed E-state index contributed by atoms with van der Waals surface area (Å²) in [6.07, 6.45) is 0. The second-order valence-electron chi connectivity index (χ2n) is 7.39. The summed E-state index contributed by atoms with van der Waals surface area (Å²) in [5.41, 5.74) is 2.34. The Morgan fingerprint density at radius 2 is 1.62 bits per heavy atom. The molecule has 0 radical (unpaired) electrons. The normalized spacial score (nSPS) is 10.5. The Morgan fingerprint density at radius 1 is 0.844 bits per heavy atom. The Kier molecular flexibility index (Phi) is 6.46. The smallest absolute Gasteiger partial charge is 0.349 e. The molecule has 4 rings (SSSR count). The number of benzene rings is 4. The molecule has 0 atom stereocenters. The Labute approximate surface area is 186 Å². The molecule has 4 aromatic rings. The van der Waals surface area contributed by atoms with Gasteiger partial charge in [0.15, 0.2) is 6.61 Å². The van der Waals surface area contributed by atoms with Crippen LogP contribution in [0.3, 0.4) is 0 Å². The van der Waals surface area contributed by atoms with Gasteiger partial charge in [0, 0.05) is 17.7 Å². The van der Waals surface area contributed by atoms with Crippen molar-refractivity contribution in [3.8, 4) is 11.5 Å². The molecule has 0 aliphatic carbocycles. The third-order valence-electron chi connectivity index (χ3n) is 5.03. The van der Waals surface area contributed by atoms with Gasteiger partial charge >= 0.3 is 5.97 Å². The lowest BCUT2D eigenvalue weighted by atomic mass is 10.0. The number of carbonyl (C=O) groups is 2. The van der Waals surface area contributed by atoms with Crippen LogP contribution in [-0.2, 0) is 11.3 Å². The van der Waals surface area contributed by atoms with E-state index >= 15 is 0 Å². The number of hydrogen-bond acceptors (Lipinski definition) is 4. The number of esters is 1. The number of fused-ring (bicyclic) bond motifs is 1. The largest absolute Gasteiger partial charge is 0.482 e. The fraction of sp³-hybridized carbons (Fsp3) is 0.111. The molecule has 0 saturated carbocycles. The van der Waals surface area contributed by atoms with Crippen molar-refractivity contribution in [2.75, 3.05) is 6.61 Å². The number of rotatable bonds is 7. The highest BCUT2D eigenvalue weighted by Crippen LogP contribution is 2.28. The van der Waals surface area contributed by atoms with Crippen LogP contribution in [0.2, 0.25) is 0 Å². The minimum atomic E-state index is -0.516. The molecule has 0 aliphatic rings. The molecule has 0 aromatic heterocycles. The molecule has 0 fully saturated rings. The van der Waals surface area contributed by atoms with Gasteiger partial charge in [-0.15, -0.1) is 0 Å². The van der Waals surface area contributed by atoms with Crippen LogP contribution in [0.4, 0.5) is 0 Å². The van der Waals surface area contributed by atoms with Crippen LogP contribution in [0, 0.1) is 6.92 Å². The molecule has 5 nitrogen and oxygen atoms in total. The van der Waals surface area contributed by atoms with Crippen LogP contribution in [0.15, 0.2) is 91.0 Å². The zero-order chi connectivity index (χ0) is 22.3. The van der Waals surface area contributed by atoms with Gasteiger partial charge in [-0.1, -0.05) is 60.7 Å². The lowest BCUT2D eigenvalue weighted by Gasteiger charge is -2.14. The number of carbonyl (C=O) groups excluding carboxylic acids is 2. The van der Waals surface area contributed by atoms with E-state index in [4.69, 9.17) is 9.47 Å². The van der Waals surface area contributed by atoms with Gasteiger partial charge < -0.3 is 14.8 Å². The number of amides is 1. The van der Waals surface area contributed by atoms with Crippen molar-refractivity contribution in [3.05, 3.63) is 108 Å². The zero-order valence-electron chi connectivity index (χ0n) is 17.7. The molecule has 0 unspecified atom stereocenters. The third-order valence-corrected chi connectivity index (χ3v) is 5.03. The Hall–Kier alpha value is -4.12. The van der Waals surface area contributed by atoms with E-state index in [0.29, 0.717) is 17.1 Å². The summed E-state index contributed by atoms with van der Waals surface area (Å²) in [6.45, 7) is 1.96. The lowest BCUT2D eigenvalue weighted by Crippen LogP contribution is -2.24. The van der Waals surface area contributed by atoms with Gasteiger partial charge in [0.1, 0.15) is 11.5 Å². The molecule has 0 bridgehead atoms. The van der Waals surface area contributed by atoms with Crippen LogP contribution < -0.4 is 14.8 Å². The second kappa shape index (κ2) is 9.79. The first kappa shape index (κ1) is 21.1. The summed E-state index contributed by atoms with van der Waals surface area (Å²) >= 11 is 0. The SMILES string of the molecule is Cc1cccc(OCC(=O)Oc2ccc3ccccc3c2CNC(=O)c2ccccc2)c1. The summed E-state index contributed by atoms with van der Waals surface area (Å²) < 4.78 is 11.2. The van der Waals surface area contributed by atoms with Crippen molar-refractivity contribution in [3.63, 3.8) is 0 Å². The molecule has 5 heteroatoms. The molecule has 160 valence electrons. The third kappa shape index (κ3) is 5.13. The Bertz CT molecular complexity index is 1250. The molecule has 1 N–H and O–H groups in total. The average molecular weight is 425 g/mol. The highest BCUT2D eigenvalue weighted by atomic mass is 16.6. The maximum atomic E-state index is 12.5. The quantitative estimate of drug-likeness (QED) is 0.332. The molecule has 32 heavy (non-hydrogen) atoms. The van der Waals surface area contributed by atoms with Crippen molar-refractivity contribution < 1.29 is 19.1 Å². The topological polar surface area (TPSA) is 64.6 Å². The number of hydrogen-bond donors (Lipinski definition) is 1. The van der Waals surface area contributed by atoms with Gasteiger partial charge in [-0.3, -0.25) is 4.79 Å². The standard InChI is InChI=1S/C27H23NO4/c1-19-8-7-12-22(16-19)31-18-26(29)32-25-15-14-20-9-5-6-13-23(20)24(25)17-28-27(30)21-10-3-2-4-11-21/h2-16H,17-18H2,1H3,(H,28,30). The highest BCUT2D eigenvalue weighted by molar-refractivity contribution is 5.95. The minimum absolute atomic E-state index is 0.196. The van der Waals surface area contributed by atoms with E-state index in [1.54, 1.807) is 24.3 Å². The van der Waals surface area contributed by atoms with E-state index in [1.165, 1.54) is 0 Å². The number of nitrogens with one attached hydrogen (secondary N) is 1. The van der Waals surface area contributed by atoms with Crippen LogP contribution in [-0.4, -0.2) is 18.5 Å².